The maximum atomic E-state index is 13.1. The number of H-pyrrole nitrogens is 1. The zero-order chi connectivity index (χ0) is 19.7. The van der Waals surface area contributed by atoms with Gasteiger partial charge >= 0.3 is 6.18 Å². The Bertz CT molecular complexity index is 1180. The van der Waals surface area contributed by atoms with E-state index in [1.807, 2.05) is 6.07 Å². The van der Waals surface area contributed by atoms with Crippen LogP contribution in [-0.2, 0) is 12.7 Å². The van der Waals surface area contributed by atoms with E-state index in [1.165, 1.54) is 24.5 Å². The van der Waals surface area contributed by atoms with Gasteiger partial charge in [0.2, 0.25) is 11.8 Å². The van der Waals surface area contributed by atoms with Crippen LogP contribution in [0.5, 0.6) is 5.88 Å². The number of anilines is 1. The number of hydrogen-bond acceptors (Lipinski definition) is 5. The molecule has 0 atom stereocenters. The lowest BCUT2D eigenvalue weighted by Crippen LogP contribution is -2.12. The Hall–Kier alpha value is -3.62. The average Bonchev–Trinajstić information content (AvgIpc) is 3.26. The third-order valence-corrected chi connectivity index (χ3v) is 4.18. The number of aromatic nitrogens is 2. The summed E-state index contributed by atoms with van der Waals surface area (Å²) in [6.45, 7) is -0.100. The van der Waals surface area contributed by atoms with Crippen LogP contribution in [0.2, 0.25) is 0 Å². The monoisotopic (exact) mass is 385 g/mol. The number of aliphatic imine (C=N–C) groups is 1. The van der Waals surface area contributed by atoms with E-state index in [4.69, 9.17) is 0 Å². The molecule has 0 amide bonds. The molecule has 1 aliphatic rings. The summed E-state index contributed by atoms with van der Waals surface area (Å²) >= 11 is 0. The number of aromatic hydroxyl groups is 1. The van der Waals surface area contributed by atoms with Crippen molar-refractivity contribution in [3.8, 4) is 5.88 Å². The fourth-order valence-corrected chi connectivity index (χ4v) is 2.85. The molecule has 3 N–H and O–H groups in total. The highest BCUT2D eigenvalue weighted by Crippen LogP contribution is 2.32. The molecular formula is C19H14F3N5O. The molecular weight excluding hydrogens is 371 g/mol. The Morgan fingerprint density at radius 3 is 2.79 bits per heavy atom. The molecule has 0 saturated carbocycles. The van der Waals surface area contributed by atoms with Gasteiger partial charge in [-0.15, -0.1) is 0 Å². The Labute approximate surface area is 156 Å². The summed E-state index contributed by atoms with van der Waals surface area (Å²) in [5.74, 6) is -0.102. The summed E-state index contributed by atoms with van der Waals surface area (Å²) in [7, 11) is 0. The highest BCUT2D eigenvalue weighted by Gasteiger charge is 2.32. The Balaban J connectivity index is 1.56. The van der Waals surface area contributed by atoms with Crippen LogP contribution in [0.1, 0.15) is 16.8 Å². The fraction of sp³-hybridized carbons (Fsp3) is 0.105. The van der Waals surface area contributed by atoms with Gasteiger partial charge in [-0.1, -0.05) is 24.3 Å². The van der Waals surface area contributed by atoms with E-state index < -0.39 is 11.7 Å². The van der Waals surface area contributed by atoms with Gasteiger partial charge in [-0.05, 0) is 35.1 Å². The number of alkyl halides is 3. The number of imidazole rings is 1. The second kappa shape index (κ2) is 6.84. The highest BCUT2D eigenvalue weighted by molar-refractivity contribution is 5.67. The quantitative estimate of drug-likeness (QED) is 0.646. The molecule has 0 radical (unpaired) electrons. The van der Waals surface area contributed by atoms with Crippen molar-refractivity contribution in [2.75, 3.05) is 5.32 Å². The van der Waals surface area contributed by atoms with Crippen molar-refractivity contribution in [2.24, 2.45) is 9.98 Å². The van der Waals surface area contributed by atoms with Gasteiger partial charge < -0.3 is 15.4 Å². The summed E-state index contributed by atoms with van der Waals surface area (Å²) in [4.78, 5) is 15.0. The second-order valence-corrected chi connectivity index (χ2v) is 6.10. The molecule has 6 nitrogen and oxygen atoms in total. The first-order chi connectivity index (χ1) is 13.4. The smallest absolute Gasteiger partial charge is 0.416 e. The first-order valence-electron chi connectivity index (χ1n) is 8.30. The molecule has 4 rings (SSSR count). The number of nitrogens with one attached hydrogen (secondary N) is 2. The van der Waals surface area contributed by atoms with E-state index >= 15 is 0 Å². The normalized spacial score (nSPS) is 13.5. The Kier molecular flexibility index (Phi) is 4.34. The molecule has 3 aromatic rings. The van der Waals surface area contributed by atoms with E-state index in [0.29, 0.717) is 5.69 Å². The lowest BCUT2D eigenvalue weighted by atomic mass is 10.1. The van der Waals surface area contributed by atoms with Crippen molar-refractivity contribution in [1.82, 2.24) is 9.97 Å². The van der Waals surface area contributed by atoms with E-state index in [-0.39, 0.29) is 23.9 Å². The summed E-state index contributed by atoms with van der Waals surface area (Å²) in [5.41, 5.74) is 0.408. The van der Waals surface area contributed by atoms with Crippen LogP contribution in [0.4, 0.5) is 24.8 Å². The van der Waals surface area contributed by atoms with Gasteiger partial charge in [-0.3, -0.25) is 0 Å². The first-order valence-corrected chi connectivity index (χ1v) is 8.30. The fourth-order valence-electron chi connectivity index (χ4n) is 2.85. The number of benzene rings is 2. The zero-order valence-corrected chi connectivity index (χ0v) is 14.3. The van der Waals surface area contributed by atoms with Gasteiger partial charge in [0, 0.05) is 6.54 Å². The summed E-state index contributed by atoms with van der Waals surface area (Å²) in [5, 5.41) is 14.3. The number of nitrogens with zero attached hydrogens (tertiary/aromatic N) is 3. The van der Waals surface area contributed by atoms with E-state index in [9.17, 15) is 18.3 Å². The lowest BCUT2D eigenvalue weighted by Gasteiger charge is -2.12. The molecule has 2 aromatic carbocycles. The van der Waals surface area contributed by atoms with Crippen LogP contribution < -0.4 is 15.9 Å². The van der Waals surface area contributed by atoms with Crippen molar-refractivity contribution in [3.63, 3.8) is 0 Å². The topological polar surface area (TPSA) is 85.7 Å². The molecule has 28 heavy (non-hydrogen) atoms. The molecule has 2 heterocycles. The molecule has 0 aliphatic carbocycles. The van der Waals surface area contributed by atoms with Crippen molar-refractivity contribution in [2.45, 2.75) is 12.7 Å². The number of rotatable bonds is 4. The number of hydrogen-bond donors (Lipinski definition) is 3. The standard InChI is InChI=1S/C19H14F3N5O/c20-19(21,22)13-4-2-1-3-12(13)9-23-18-26-16(17(28)27-18)8-11-5-6-14-15(7-11)25-10-24-14/h1-8,10,28H,9H2,(H2,23,26,27)/b11-8+. The average molecular weight is 385 g/mol. The van der Waals surface area contributed by atoms with Crippen molar-refractivity contribution >= 4 is 24.1 Å². The lowest BCUT2D eigenvalue weighted by molar-refractivity contribution is -0.138. The SMILES string of the molecule is Oc1nc(NCc2ccccc2C(F)(F)F)[nH]c1/C=c1\ccc2c(c1)N=CN=2. The molecule has 9 heteroatoms. The predicted octanol–water partition coefficient (Wildman–Crippen LogP) is 2.87. The molecule has 0 bridgehead atoms. The minimum Gasteiger partial charge on any atom is -0.492 e. The first kappa shape index (κ1) is 17.8. The molecule has 0 unspecified atom stereocenters. The van der Waals surface area contributed by atoms with Crippen LogP contribution >= 0.6 is 0 Å². The Morgan fingerprint density at radius 2 is 1.96 bits per heavy atom. The maximum absolute atomic E-state index is 13.1. The van der Waals surface area contributed by atoms with Crippen LogP contribution in [-0.4, -0.2) is 21.4 Å². The minimum absolute atomic E-state index is 0.0802. The Morgan fingerprint density at radius 1 is 1.14 bits per heavy atom. The van der Waals surface area contributed by atoms with Gasteiger partial charge in [0.25, 0.3) is 0 Å². The second-order valence-electron chi connectivity index (χ2n) is 6.10. The van der Waals surface area contributed by atoms with Crippen molar-refractivity contribution < 1.29 is 18.3 Å². The van der Waals surface area contributed by atoms with Crippen molar-refractivity contribution in [1.29, 1.82) is 0 Å². The number of fused-ring (bicyclic) bond motifs is 1. The molecule has 1 aliphatic heterocycles. The highest BCUT2D eigenvalue weighted by atomic mass is 19.4. The van der Waals surface area contributed by atoms with Gasteiger partial charge in [-0.25, -0.2) is 9.98 Å². The molecule has 1 aromatic heterocycles. The third kappa shape index (κ3) is 3.59. The zero-order valence-electron chi connectivity index (χ0n) is 14.3. The van der Waals surface area contributed by atoms with Gasteiger partial charge in [0.05, 0.1) is 16.6 Å². The van der Waals surface area contributed by atoms with Crippen molar-refractivity contribution in [3.05, 3.63) is 69.9 Å². The summed E-state index contributed by atoms with van der Waals surface area (Å²) in [6.07, 6.45) is -1.32. The minimum atomic E-state index is -4.44. The number of halogens is 3. The van der Waals surface area contributed by atoms with Crippen LogP contribution in [0.15, 0.2) is 52.4 Å². The number of aromatic amines is 1. The van der Waals surface area contributed by atoms with Crippen LogP contribution in [0.3, 0.4) is 0 Å². The largest absolute Gasteiger partial charge is 0.492 e. The van der Waals surface area contributed by atoms with E-state index in [2.05, 4.69) is 25.3 Å². The van der Waals surface area contributed by atoms with E-state index in [0.717, 1.165) is 22.3 Å². The molecule has 0 spiro atoms. The predicted molar refractivity (Wildman–Crippen MR) is 98.0 cm³/mol. The van der Waals surface area contributed by atoms with Crippen LogP contribution in [0.25, 0.3) is 6.08 Å². The molecule has 142 valence electrons. The molecule has 0 fully saturated rings. The van der Waals surface area contributed by atoms with Gasteiger partial charge in [0.1, 0.15) is 12.0 Å². The maximum Gasteiger partial charge on any atom is 0.416 e. The van der Waals surface area contributed by atoms with Crippen LogP contribution in [0, 0.1) is 0 Å². The summed E-state index contributed by atoms with van der Waals surface area (Å²) < 4.78 is 39.2. The summed E-state index contributed by atoms with van der Waals surface area (Å²) in [6, 6.07) is 10.7. The van der Waals surface area contributed by atoms with Gasteiger partial charge in [-0.2, -0.15) is 18.2 Å². The van der Waals surface area contributed by atoms with E-state index in [1.54, 1.807) is 18.2 Å². The van der Waals surface area contributed by atoms with Gasteiger partial charge in [0.15, 0.2) is 0 Å². The molecule has 0 saturated heterocycles. The third-order valence-electron chi connectivity index (χ3n) is 4.18.